The van der Waals surface area contributed by atoms with E-state index in [9.17, 15) is 27.2 Å². The van der Waals surface area contributed by atoms with Crippen molar-refractivity contribution < 1.29 is 41.7 Å². The Morgan fingerprint density at radius 3 is 1.70 bits per heavy atom. The molecule has 0 bridgehead atoms. The summed E-state index contributed by atoms with van der Waals surface area (Å²) in [6.07, 6.45) is 4.59. The Morgan fingerprint density at radius 2 is 1.23 bits per heavy atom. The van der Waals surface area contributed by atoms with Crippen molar-refractivity contribution in [1.82, 2.24) is 19.9 Å². The monoisotopic (exact) mass is 871 g/mol. The van der Waals surface area contributed by atoms with Crippen LogP contribution in [-0.4, -0.2) is 84.1 Å². The Balaban J connectivity index is 0.000000189. The number of aliphatic imine (C=N–C) groups is 2. The number of nitrogen functional groups attached to an aromatic ring is 1. The number of hydrogen-bond acceptors (Lipinski definition) is 15. The molecule has 4 aromatic rings. The van der Waals surface area contributed by atoms with E-state index in [0.717, 1.165) is 18.1 Å². The highest BCUT2D eigenvalue weighted by Gasteiger charge is 2.54. The van der Waals surface area contributed by atoms with Gasteiger partial charge in [-0.2, -0.15) is 0 Å². The molecule has 6 heterocycles. The van der Waals surface area contributed by atoms with Gasteiger partial charge >= 0.3 is 5.97 Å². The molecule has 60 heavy (non-hydrogen) atoms. The van der Waals surface area contributed by atoms with Gasteiger partial charge in [0, 0.05) is 46.6 Å². The molecule has 0 aliphatic carbocycles. The quantitative estimate of drug-likeness (QED) is 0.0935. The Bertz CT molecular complexity index is 2240. The van der Waals surface area contributed by atoms with Crippen molar-refractivity contribution in [3.05, 3.63) is 112 Å². The smallest absolute Gasteiger partial charge is 0.356 e. The lowest BCUT2D eigenvalue weighted by Crippen LogP contribution is -2.41. The van der Waals surface area contributed by atoms with Crippen molar-refractivity contribution in [2.75, 3.05) is 30.5 Å². The molecule has 14 nitrogen and oxygen atoms in total. The second-order valence-corrected chi connectivity index (χ2v) is 16.2. The summed E-state index contributed by atoms with van der Waals surface area (Å²) in [5.74, 6) is -0.587. The number of aromatic carboxylic acids is 1. The third-order valence-corrected chi connectivity index (χ3v) is 12.3. The summed E-state index contributed by atoms with van der Waals surface area (Å²) >= 11 is 2.94. The lowest BCUT2D eigenvalue weighted by molar-refractivity contribution is 0.0689. The third kappa shape index (κ3) is 9.72. The minimum absolute atomic E-state index is 0. The van der Waals surface area contributed by atoms with Gasteiger partial charge in [-0.15, -0.1) is 0 Å². The van der Waals surface area contributed by atoms with E-state index in [0.29, 0.717) is 45.1 Å². The van der Waals surface area contributed by atoms with E-state index < -0.39 is 36.2 Å². The van der Waals surface area contributed by atoms with E-state index in [1.165, 1.54) is 48.1 Å². The van der Waals surface area contributed by atoms with Gasteiger partial charge < -0.3 is 31.8 Å². The number of carboxylic acids is 1. The van der Waals surface area contributed by atoms with Gasteiger partial charge in [0.15, 0.2) is 21.8 Å². The highest BCUT2D eigenvalue weighted by Crippen LogP contribution is 2.49. The van der Waals surface area contributed by atoms with Crippen LogP contribution in [0.3, 0.4) is 0 Å². The first-order chi connectivity index (χ1) is 28.2. The van der Waals surface area contributed by atoms with Crippen LogP contribution in [0, 0.1) is 23.5 Å². The predicted octanol–water partition coefficient (Wildman–Crippen LogP) is 5.78. The Morgan fingerprint density at radius 1 is 0.750 bits per heavy atom. The zero-order chi connectivity index (χ0) is 42.5. The van der Waals surface area contributed by atoms with Crippen LogP contribution in [0.1, 0.15) is 70.3 Å². The highest BCUT2D eigenvalue weighted by atomic mass is 32.2. The first-order valence-corrected chi connectivity index (χ1v) is 20.2. The van der Waals surface area contributed by atoms with Gasteiger partial charge in [-0.25, -0.2) is 42.3 Å². The summed E-state index contributed by atoms with van der Waals surface area (Å²) in [7, 11) is 0. The molecule has 8 rings (SSSR count). The van der Waals surface area contributed by atoms with E-state index in [2.05, 4.69) is 29.9 Å². The largest absolute Gasteiger partial charge is 0.476 e. The fourth-order valence-electron chi connectivity index (χ4n) is 7.27. The summed E-state index contributed by atoms with van der Waals surface area (Å²) in [6.45, 7) is 3.07. The van der Waals surface area contributed by atoms with E-state index in [1.807, 2.05) is 13.8 Å². The van der Waals surface area contributed by atoms with Crippen molar-refractivity contribution in [3.63, 3.8) is 0 Å². The summed E-state index contributed by atoms with van der Waals surface area (Å²) in [6, 6.07) is 9.16. The van der Waals surface area contributed by atoms with Gasteiger partial charge in [-0.3, -0.25) is 14.8 Å². The van der Waals surface area contributed by atoms with Crippen LogP contribution in [0.25, 0.3) is 0 Å². The van der Waals surface area contributed by atoms with Crippen molar-refractivity contribution in [3.8, 4) is 0 Å². The van der Waals surface area contributed by atoms with Crippen molar-refractivity contribution >= 4 is 51.3 Å². The number of rotatable bonds is 8. The molecule has 2 saturated heterocycles. The fraction of sp³-hybridized carbons (Fsp3) is 0.400. The number of ketones is 1. The lowest BCUT2D eigenvalue weighted by Gasteiger charge is -2.35. The average Bonchev–Trinajstić information content (AvgIpc) is 3.75. The second kappa shape index (κ2) is 19.5. The van der Waals surface area contributed by atoms with Crippen LogP contribution < -0.4 is 17.2 Å². The Labute approximate surface area is 352 Å². The summed E-state index contributed by atoms with van der Waals surface area (Å²) in [5, 5.41) is 9.24. The molecule has 0 amide bonds. The topological polar surface area (TPSA) is 227 Å². The molecule has 0 unspecified atom stereocenters. The van der Waals surface area contributed by atoms with Crippen LogP contribution in [0.2, 0.25) is 0 Å². The molecular formula is C40H45F4N9O5S2. The zero-order valence-corrected chi connectivity index (χ0v) is 33.5. The first kappa shape index (κ1) is 45.9. The number of carboxylic acid groups (broad SMARTS) is 1. The third-order valence-electron chi connectivity index (χ3n) is 10.4. The number of benzene rings is 2. The van der Waals surface area contributed by atoms with E-state index in [-0.39, 0.29) is 78.9 Å². The summed E-state index contributed by atoms with van der Waals surface area (Å²) < 4.78 is 65.0. The number of nitrogens with zero attached hydrogens (tertiary/aromatic N) is 6. The standard InChI is InChI=1S/C20H20F2N4O2S.C13H16FN3OS.C6H5FN2O2.CH4/c1-11-15-9-29-19(23)26-20(15,10-28-11)14-4-12(2-3-16(14)22)5-18(27)17-8-24-13(6-21)7-25-17;1-7-10-5-19-12(16)17-13(10,6-18-7)9-4-8(15)2-3-11(9)14;7-1-4-2-9-5(3-8-4)6(10)11;/h2-4,7-8,11,15H,5-6,9-10H2,1H3,(H2,23,26);2-4,7,10H,5-6,15H2,1H3,(H2,16,17);2-3H,1H2,(H,10,11);1H4/t11-,15-,20-;7-,10-,13-;;/m11../s1. The summed E-state index contributed by atoms with van der Waals surface area (Å²) in [5.41, 5.74) is 18.3. The molecule has 6 atom stereocenters. The number of carbonyl (C=O) groups excluding carboxylic acids is 1. The number of anilines is 1. The van der Waals surface area contributed by atoms with Crippen molar-refractivity contribution in [1.29, 1.82) is 0 Å². The number of hydrogen-bond donors (Lipinski definition) is 4. The number of nitrogens with two attached hydrogens (primary N) is 3. The maximum absolute atomic E-state index is 14.9. The molecule has 0 saturated carbocycles. The van der Waals surface area contributed by atoms with Gasteiger partial charge in [0.05, 0.1) is 61.6 Å². The number of Topliss-reactive ketones (excluding diaryl/α,β-unsaturated/α-hetero) is 1. The predicted molar refractivity (Wildman–Crippen MR) is 222 cm³/mol. The van der Waals surface area contributed by atoms with Crippen LogP contribution >= 0.6 is 23.5 Å². The molecule has 2 fully saturated rings. The van der Waals surface area contributed by atoms with Crippen LogP contribution in [0.5, 0.6) is 0 Å². The van der Waals surface area contributed by atoms with Crippen LogP contribution in [0.15, 0.2) is 71.2 Å². The lowest BCUT2D eigenvalue weighted by atomic mass is 9.78. The minimum atomic E-state index is -1.16. The van der Waals surface area contributed by atoms with Gasteiger partial charge in [-0.05, 0) is 49.7 Å². The maximum atomic E-state index is 14.9. The number of fused-ring (bicyclic) bond motifs is 2. The molecule has 320 valence electrons. The molecule has 4 aliphatic heterocycles. The highest BCUT2D eigenvalue weighted by molar-refractivity contribution is 8.14. The van der Waals surface area contributed by atoms with Gasteiger partial charge in [0.2, 0.25) is 0 Å². The fourth-order valence-corrected chi connectivity index (χ4v) is 9.52. The number of amidine groups is 2. The molecule has 4 aliphatic rings. The van der Waals surface area contributed by atoms with E-state index >= 15 is 0 Å². The Hall–Kier alpha value is -5.18. The molecule has 2 aromatic heterocycles. The number of ether oxygens (including phenoxy) is 2. The van der Waals surface area contributed by atoms with E-state index in [1.54, 1.807) is 24.3 Å². The molecule has 7 N–H and O–H groups in total. The average molecular weight is 872 g/mol. The molecule has 2 aromatic carbocycles. The normalized spacial score (nSPS) is 25.1. The number of aromatic nitrogens is 4. The second-order valence-electron chi connectivity index (χ2n) is 14.1. The molecule has 0 radical (unpaired) electrons. The van der Waals surface area contributed by atoms with Gasteiger partial charge in [-0.1, -0.05) is 37.0 Å². The molecular weight excluding hydrogens is 827 g/mol. The number of carbonyl (C=O) groups is 2. The Kier molecular flexibility index (Phi) is 14.9. The maximum Gasteiger partial charge on any atom is 0.356 e. The van der Waals surface area contributed by atoms with Crippen molar-refractivity contribution in [2.45, 2.75) is 64.3 Å². The van der Waals surface area contributed by atoms with E-state index in [4.69, 9.17) is 31.8 Å². The number of thioether (sulfide) groups is 2. The molecule has 0 spiro atoms. The van der Waals surface area contributed by atoms with Gasteiger partial charge in [0.25, 0.3) is 0 Å². The molecule has 20 heteroatoms. The van der Waals surface area contributed by atoms with Gasteiger partial charge in [0.1, 0.15) is 41.8 Å². The zero-order valence-electron chi connectivity index (χ0n) is 31.9. The number of alkyl halides is 2. The minimum Gasteiger partial charge on any atom is -0.476 e. The summed E-state index contributed by atoms with van der Waals surface area (Å²) in [4.78, 5) is 46.7. The van der Waals surface area contributed by atoms with Crippen molar-refractivity contribution in [2.24, 2.45) is 33.3 Å². The SMILES string of the molecule is C.C[C@H]1OC[C@]2(c3cc(CC(=O)c4cnc(CF)cn4)ccc3F)N=C(N)SC[C@H]12.C[C@H]1OC[C@]2(c3cc(N)ccc3F)N=C(N)SC[C@H]12.O=C(O)c1cnc(CF)cn1. The van der Waals surface area contributed by atoms with Crippen LogP contribution in [0.4, 0.5) is 23.2 Å². The van der Waals surface area contributed by atoms with Crippen LogP contribution in [-0.2, 0) is 40.3 Å². The first-order valence-electron chi connectivity index (χ1n) is 18.2. The number of halogens is 4.